The number of rotatable bonds is 2. The standard InChI is InChI=1S/C14H7Cl2FN2O/c15-10-2-1-3-12(17)13(10)14(20)19-9-5-4-8(7-18)11(16)6-9/h1-6H,(H,19,20). The van der Waals surface area contributed by atoms with Gasteiger partial charge in [-0.2, -0.15) is 5.26 Å². The minimum absolute atomic E-state index is 0.0160. The molecule has 0 aliphatic rings. The van der Waals surface area contributed by atoms with Crippen molar-refractivity contribution in [3.8, 4) is 6.07 Å². The Kier molecular flexibility index (Phi) is 4.23. The van der Waals surface area contributed by atoms with Crippen LogP contribution in [0.15, 0.2) is 36.4 Å². The fourth-order valence-corrected chi connectivity index (χ4v) is 2.06. The second-order valence-electron chi connectivity index (χ2n) is 3.86. The average Bonchev–Trinajstić information content (AvgIpc) is 2.38. The zero-order chi connectivity index (χ0) is 14.7. The molecule has 0 radical (unpaired) electrons. The summed E-state index contributed by atoms with van der Waals surface area (Å²) in [6, 6.07) is 10.2. The predicted octanol–water partition coefficient (Wildman–Crippen LogP) is 4.26. The van der Waals surface area contributed by atoms with Gasteiger partial charge in [-0.25, -0.2) is 4.39 Å². The molecule has 3 nitrogen and oxygen atoms in total. The van der Waals surface area contributed by atoms with E-state index in [4.69, 9.17) is 28.5 Å². The summed E-state index contributed by atoms with van der Waals surface area (Å²) in [5, 5.41) is 11.4. The molecule has 2 aromatic carbocycles. The predicted molar refractivity (Wildman–Crippen MR) is 75.5 cm³/mol. The number of nitrogens with one attached hydrogen (secondary N) is 1. The molecule has 0 saturated heterocycles. The molecule has 20 heavy (non-hydrogen) atoms. The fourth-order valence-electron chi connectivity index (χ4n) is 1.59. The van der Waals surface area contributed by atoms with Gasteiger partial charge in [0.2, 0.25) is 0 Å². The molecule has 6 heteroatoms. The zero-order valence-electron chi connectivity index (χ0n) is 9.95. The third kappa shape index (κ3) is 2.90. The first-order valence-corrected chi connectivity index (χ1v) is 6.23. The molecule has 0 aromatic heterocycles. The van der Waals surface area contributed by atoms with Gasteiger partial charge < -0.3 is 5.32 Å². The van der Waals surface area contributed by atoms with E-state index in [-0.39, 0.29) is 21.2 Å². The summed E-state index contributed by atoms with van der Waals surface area (Å²) in [6.07, 6.45) is 0. The summed E-state index contributed by atoms with van der Waals surface area (Å²) < 4.78 is 13.6. The Morgan fingerprint density at radius 1 is 1.20 bits per heavy atom. The Labute approximate surface area is 124 Å². The Balaban J connectivity index is 2.29. The van der Waals surface area contributed by atoms with Gasteiger partial charge in [-0.05, 0) is 30.3 Å². The number of nitrogens with zero attached hydrogens (tertiary/aromatic N) is 1. The van der Waals surface area contributed by atoms with Crippen molar-refractivity contribution in [2.45, 2.75) is 0 Å². The number of carbonyl (C=O) groups excluding carboxylic acids is 1. The normalized spacial score (nSPS) is 9.90. The van der Waals surface area contributed by atoms with Gasteiger partial charge in [0.25, 0.3) is 5.91 Å². The molecule has 0 fully saturated rings. The van der Waals surface area contributed by atoms with Crippen molar-refractivity contribution in [2.24, 2.45) is 0 Å². The third-order valence-corrected chi connectivity index (χ3v) is 3.16. The highest BCUT2D eigenvalue weighted by Crippen LogP contribution is 2.23. The van der Waals surface area contributed by atoms with Crippen molar-refractivity contribution < 1.29 is 9.18 Å². The first-order chi connectivity index (χ1) is 9.52. The molecule has 0 aliphatic heterocycles. The van der Waals surface area contributed by atoms with E-state index in [1.165, 1.54) is 30.3 Å². The summed E-state index contributed by atoms with van der Waals surface area (Å²) in [7, 11) is 0. The SMILES string of the molecule is N#Cc1ccc(NC(=O)c2c(F)cccc2Cl)cc1Cl. The molecule has 0 spiro atoms. The van der Waals surface area contributed by atoms with Crippen LogP contribution in [0.4, 0.5) is 10.1 Å². The Bertz CT molecular complexity index is 705. The molecule has 100 valence electrons. The van der Waals surface area contributed by atoms with Gasteiger partial charge in [0, 0.05) is 5.69 Å². The van der Waals surface area contributed by atoms with Gasteiger partial charge in [0.1, 0.15) is 11.9 Å². The van der Waals surface area contributed by atoms with Gasteiger partial charge >= 0.3 is 0 Å². The lowest BCUT2D eigenvalue weighted by Crippen LogP contribution is -2.14. The highest BCUT2D eigenvalue weighted by Gasteiger charge is 2.16. The highest BCUT2D eigenvalue weighted by molar-refractivity contribution is 6.34. The van der Waals surface area contributed by atoms with Crippen molar-refractivity contribution in [2.75, 3.05) is 5.32 Å². The molecule has 2 rings (SSSR count). The Hall–Kier alpha value is -2.09. The van der Waals surface area contributed by atoms with Crippen LogP contribution in [0.2, 0.25) is 10.0 Å². The van der Waals surface area contributed by atoms with Crippen LogP contribution in [-0.2, 0) is 0 Å². The maximum atomic E-state index is 13.6. The van der Waals surface area contributed by atoms with E-state index < -0.39 is 11.7 Å². The maximum Gasteiger partial charge on any atom is 0.260 e. The minimum atomic E-state index is -0.713. The van der Waals surface area contributed by atoms with E-state index in [2.05, 4.69) is 5.32 Å². The van der Waals surface area contributed by atoms with Crippen LogP contribution in [-0.4, -0.2) is 5.91 Å². The number of hydrogen-bond acceptors (Lipinski definition) is 2. The van der Waals surface area contributed by atoms with Crippen LogP contribution >= 0.6 is 23.2 Å². The number of halogens is 3. The summed E-state index contributed by atoms with van der Waals surface area (Å²) in [5.41, 5.74) is 0.390. The van der Waals surface area contributed by atoms with Crippen LogP contribution in [0.1, 0.15) is 15.9 Å². The second-order valence-corrected chi connectivity index (χ2v) is 4.67. The molecular weight excluding hydrogens is 302 g/mol. The first kappa shape index (κ1) is 14.3. The zero-order valence-corrected chi connectivity index (χ0v) is 11.5. The molecule has 0 unspecified atom stereocenters. The van der Waals surface area contributed by atoms with Crippen LogP contribution in [0.3, 0.4) is 0 Å². The second kappa shape index (κ2) is 5.91. The number of benzene rings is 2. The largest absolute Gasteiger partial charge is 0.322 e. The molecule has 0 aliphatic carbocycles. The lowest BCUT2D eigenvalue weighted by Gasteiger charge is -2.08. The Morgan fingerprint density at radius 3 is 2.55 bits per heavy atom. The smallest absolute Gasteiger partial charge is 0.260 e. The van der Waals surface area contributed by atoms with Crippen LogP contribution in [0, 0.1) is 17.1 Å². The molecular formula is C14H7Cl2FN2O. The summed E-state index contributed by atoms with van der Waals surface area (Å²) in [4.78, 5) is 12.0. The van der Waals surface area contributed by atoms with Crippen molar-refractivity contribution in [1.82, 2.24) is 0 Å². The maximum absolute atomic E-state index is 13.6. The van der Waals surface area contributed by atoms with Gasteiger partial charge in [-0.3, -0.25) is 4.79 Å². The van der Waals surface area contributed by atoms with Gasteiger partial charge in [0.15, 0.2) is 0 Å². The van der Waals surface area contributed by atoms with E-state index in [0.29, 0.717) is 5.69 Å². The van der Waals surface area contributed by atoms with E-state index in [9.17, 15) is 9.18 Å². The number of anilines is 1. The van der Waals surface area contributed by atoms with Gasteiger partial charge in [-0.15, -0.1) is 0 Å². The van der Waals surface area contributed by atoms with E-state index in [1.807, 2.05) is 6.07 Å². The molecule has 1 amide bonds. The molecule has 0 heterocycles. The quantitative estimate of drug-likeness (QED) is 0.901. The number of amides is 1. The summed E-state index contributed by atoms with van der Waals surface area (Å²) >= 11 is 11.6. The van der Waals surface area contributed by atoms with Crippen molar-refractivity contribution in [1.29, 1.82) is 5.26 Å². The lowest BCUT2D eigenvalue weighted by atomic mass is 10.1. The van der Waals surface area contributed by atoms with Gasteiger partial charge in [-0.1, -0.05) is 29.3 Å². The highest BCUT2D eigenvalue weighted by atomic mass is 35.5. The van der Waals surface area contributed by atoms with Crippen LogP contribution in [0.5, 0.6) is 0 Å². The van der Waals surface area contributed by atoms with E-state index in [1.54, 1.807) is 0 Å². The van der Waals surface area contributed by atoms with Crippen molar-refractivity contribution >= 4 is 34.8 Å². The number of nitriles is 1. The number of hydrogen-bond donors (Lipinski definition) is 1. The third-order valence-electron chi connectivity index (χ3n) is 2.54. The minimum Gasteiger partial charge on any atom is -0.322 e. The molecule has 0 saturated carbocycles. The van der Waals surface area contributed by atoms with Crippen LogP contribution in [0.25, 0.3) is 0 Å². The monoisotopic (exact) mass is 308 g/mol. The molecule has 0 atom stereocenters. The molecule has 1 N–H and O–H groups in total. The van der Waals surface area contributed by atoms with Gasteiger partial charge in [0.05, 0.1) is 21.2 Å². The topological polar surface area (TPSA) is 52.9 Å². The Morgan fingerprint density at radius 2 is 1.95 bits per heavy atom. The van der Waals surface area contributed by atoms with E-state index >= 15 is 0 Å². The van der Waals surface area contributed by atoms with Crippen molar-refractivity contribution in [3.63, 3.8) is 0 Å². The molecule has 0 bridgehead atoms. The van der Waals surface area contributed by atoms with E-state index in [0.717, 1.165) is 6.07 Å². The first-order valence-electron chi connectivity index (χ1n) is 5.48. The fraction of sp³-hybridized carbons (Fsp3) is 0. The number of carbonyl (C=O) groups is 1. The summed E-state index contributed by atoms with van der Waals surface area (Å²) in [6.45, 7) is 0. The summed E-state index contributed by atoms with van der Waals surface area (Å²) in [5.74, 6) is -1.40. The van der Waals surface area contributed by atoms with Crippen molar-refractivity contribution in [3.05, 3.63) is 63.4 Å². The lowest BCUT2D eigenvalue weighted by molar-refractivity contribution is 0.102. The average molecular weight is 309 g/mol. The van der Waals surface area contributed by atoms with Crippen LogP contribution < -0.4 is 5.32 Å². The molecule has 2 aromatic rings.